The Morgan fingerprint density at radius 1 is 1.14 bits per heavy atom. The van der Waals surface area contributed by atoms with Crippen LogP contribution in [0.3, 0.4) is 0 Å². The highest BCUT2D eigenvalue weighted by Crippen LogP contribution is 2.36. The smallest absolute Gasteiger partial charge is 0.317 e. The molecule has 6 nitrogen and oxygen atoms in total. The third-order valence-corrected chi connectivity index (χ3v) is 6.34. The van der Waals surface area contributed by atoms with Gasteiger partial charge in [-0.1, -0.05) is 25.5 Å². The second-order valence-electron chi connectivity index (χ2n) is 9.52. The molecule has 0 bridgehead atoms. The predicted molar refractivity (Wildman–Crippen MR) is 114 cm³/mol. The van der Waals surface area contributed by atoms with E-state index >= 15 is 0 Å². The van der Waals surface area contributed by atoms with Crippen LogP contribution in [0.1, 0.15) is 49.1 Å². The van der Waals surface area contributed by atoms with Crippen LogP contribution in [0.25, 0.3) is 10.9 Å². The Hall–Kier alpha value is -2.05. The molecule has 0 saturated carbocycles. The van der Waals surface area contributed by atoms with Gasteiger partial charge in [-0.25, -0.2) is 4.79 Å². The van der Waals surface area contributed by atoms with E-state index in [4.69, 9.17) is 9.47 Å². The van der Waals surface area contributed by atoms with Crippen LogP contribution in [-0.2, 0) is 16.0 Å². The molecule has 2 amide bonds. The summed E-state index contributed by atoms with van der Waals surface area (Å²) in [5, 5.41) is 4.34. The summed E-state index contributed by atoms with van der Waals surface area (Å²) in [6, 6.07) is 4.33. The van der Waals surface area contributed by atoms with Crippen LogP contribution in [0.5, 0.6) is 0 Å². The van der Waals surface area contributed by atoms with Crippen molar-refractivity contribution < 1.29 is 14.3 Å². The summed E-state index contributed by atoms with van der Waals surface area (Å²) in [5.41, 5.74) is 5.96. The van der Waals surface area contributed by atoms with E-state index in [1.165, 1.54) is 22.2 Å². The van der Waals surface area contributed by atoms with Crippen LogP contribution in [0, 0.1) is 26.2 Å². The summed E-state index contributed by atoms with van der Waals surface area (Å²) in [6.07, 6.45) is 1.44. The largest absolute Gasteiger partial charge is 0.358 e. The number of carbonyl (C=O) groups is 1. The van der Waals surface area contributed by atoms with Gasteiger partial charge in [-0.3, -0.25) is 0 Å². The molecule has 1 aromatic heterocycles. The number of ether oxygens (including phenoxy) is 2. The van der Waals surface area contributed by atoms with Crippen LogP contribution in [-0.4, -0.2) is 48.0 Å². The molecule has 1 aromatic carbocycles. The summed E-state index contributed by atoms with van der Waals surface area (Å²) in [4.78, 5) is 18.1. The van der Waals surface area contributed by atoms with Gasteiger partial charge in [0.2, 0.25) is 0 Å². The fourth-order valence-electron chi connectivity index (χ4n) is 4.29. The number of aromatic amines is 1. The third kappa shape index (κ3) is 4.01. The average Bonchev–Trinajstić information content (AvgIpc) is 2.97. The van der Waals surface area contributed by atoms with Gasteiger partial charge in [0.05, 0.1) is 18.7 Å². The molecule has 0 aliphatic carbocycles. The van der Waals surface area contributed by atoms with Gasteiger partial charge in [0.15, 0.2) is 5.79 Å². The molecule has 3 heterocycles. The first-order chi connectivity index (χ1) is 13.7. The molecule has 2 saturated heterocycles. The van der Waals surface area contributed by atoms with Crippen LogP contribution < -0.4 is 5.32 Å². The minimum atomic E-state index is -0.506. The van der Waals surface area contributed by atoms with E-state index in [9.17, 15) is 4.79 Å². The van der Waals surface area contributed by atoms with Crippen molar-refractivity contribution in [1.29, 1.82) is 0 Å². The predicted octanol–water partition coefficient (Wildman–Crippen LogP) is 4.17. The van der Waals surface area contributed by atoms with Gasteiger partial charge in [-0.15, -0.1) is 0 Å². The van der Waals surface area contributed by atoms with Crippen molar-refractivity contribution in [3.8, 4) is 0 Å². The van der Waals surface area contributed by atoms with Crippen LogP contribution in [0.15, 0.2) is 12.1 Å². The second-order valence-corrected chi connectivity index (χ2v) is 9.52. The number of nitrogens with one attached hydrogen (secondary N) is 2. The van der Waals surface area contributed by atoms with Crippen molar-refractivity contribution in [2.45, 2.75) is 59.8 Å². The minimum absolute atomic E-state index is 0.0226. The zero-order chi connectivity index (χ0) is 20.8. The number of urea groups is 1. The number of rotatable bonds is 2. The molecule has 2 aromatic rings. The van der Waals surface area contributed by atoms with Crippen molar-refractivity contribution in [3.63, 3.8) is 0 Å². The molecule has 2 aliphatic heterocycles. The lowest BCUT2D eigenvalue weighted by Crippen LogP contribution is -2.55. The Kier molecular flexibility index (Phi) is 5.11. The molecule has 2 fully saturated rings. The third-order valence-electron chi connectivity index (χ3n) is 6.34. The highest BCUT2D eigenvalue weighted by molar-refractivity contribution is 5.88. The fourth-order valence-corrected chi connectivity index (χ4v) is 4.29. The van der Waals surface area contributed by atoms with Gasteiger partial charge in [0.25, 0.3) is 0 Å². The molecule has 2 aliphatic rings. The van der Waals surface area contributed by atoms with Gasteiger partial charge in [0, 0.05) is 49.0 Å². The van der Waals surface area contributed by atoms with E-state index in [1.54, 1.807) is 0 Å². The summed E-state index contributed by atoms with van der Waals surface area (Å²) >= 11 is 0. The van der Waals surface area contributed by atoms with E-state index in [-0.39, 0.29) is 11.4 Å². The molecule has 6 heteroatoms. The molecule has 2 N–H and O–H groups in total. The summed E-state index contributed by atoms with van der Waals surface area (Å²) in [5.74, 6) is -0.506. The SMILES string of the molecule is Cc1cc(CNC(=O)N2CCC3(CC2)OCC(C)(C)CO3)c2[nH]c(C)c(C)c2c1. The Balaban J connectivity index is 1.37. The number of H-pyrrole nitrogens is 1. The van der Waals surface area contributed by atoms with Gasteiger partial charge in [0.1, 0.15) is 0 Å². The van der Waals surface area contributed by atoms with Crippen molar-refractivity contribution in [2.75, 3.05) is 26.3 Å². The maximum atomic E-state index is 12.8. The first-order valence-corrected chi connectivity index (χ1v) is 10.6. The van der Waals surface area contributed by atoms with E-state index < -0.39 is 5.79 Å². The van der Waals surface area contributed by atoms with E-state index in [0.717, 1.165) is 23.9 Å². The lowest BCUT2D eigenvalue weighted by atomic mass is 9.93. The monoisotopic (exact) mass is 399 g/mol. The fraction of sp³-hybridized carbons (Fsp3) is 0.609. The molecule has 0 atom stereocenters. The highest BCUT2D eigenvalue weighted by atomic mass is 16.7. The zero-order valence-electron chi connectivity index (χ0n) is 18.3. The van der Waals surface area contributed by atoms with Gasteiger partial charge >= 0.3 is 6.03 Å². The number of piperidine rings is 1. The zero-order valence-corrected chi connectivity index (χ0v) is 18.3. The van der Waals surface area contributed by atoms with Gasteiger partial charge < -0.3 is 24.7 Å². The van der Waals surface area contributed by atoms with Gasteiger partial charge in [-0.05, 0) is 38.0 Å². The normalized spacial score (nSPS) is 20.9. The first kappa shape index (κ1) is 20.2. The number of carbonyl (C=O) groups excluding carboxylic acids is 1. The number of likely N-dealkylation sites (tertiary alicyclic amines) is 1. The minimum Gasteiger partial charge on any atom is -0.358 e. The standard InChI is InChI=1S/C23H33N3O3/c1-15-10-18(20-19(11-15)16(2)17(3)25-20)12-24-21(27)26-8-6-23(7-9-26)28-13-22(4,5)14-29-23/h10-11,25H,6-9,12-14H2,1-5H3,(H,24,27). The molecule has 29 heavy (non-hydrogen) atoms. The topological polar surface area (TPSA) is 66.6 Å². The maximum Gasteiger partial charge on any atom is 0.317 e. The first-order valence-electron chi connectivity index (χ1n) is 10.6. The molecular formula is C23H33N3O3. The molecule has 0 radical (unpaired) electrons. The number of aromatic nitrogens is 1. The van der Waals surface area contributed by atoms with Crippen LogP contribution >= 0.6 is 0 Å². The second kappa shape index (κ2) is 7.33. The highest BCUT2D eigenvalue weighted by Gasteiger charge is 2.43. The van der Waals surface area contributed by atoms with Crippen molar-refractivity contribution in [2.24, 2.45) is 5.41 Å². The molecule has 0 unspecified atom stereocenters. The molecular weight excluding hydrogens is 366 g/mol. The maximum absolute atomic E-state index is 12.8. The Bertz CT molecular complexity index is 911. The number of benzene rings is 1. The number of hydrogen-bond donors (Lipinski definition) is 2. The number of hydrogen-bond acceptors (Lipinski definition) is 3. The van der Waals surface area contributed by atoms with Crippen molar-refractivity contribution in [1.82, 2.24) is 15.2 Å². The average molecular weight is 400 g/mol. The Morgan fingerprint density at radius 2 is 1.79 bits per heavy atom. The van der Waals surface area contributed by atoms with E-state index in [2.05, 4.69) is 57.1 Å². The van der Waals surface area contributed by atoms with Gasteiger partial charge in [-0.2, -0.15) is 0 Å². The Labute approximate surface area is 172 Å². The number of nitrogens with zero attached hydrogens (tertiary/aromatic N) is 1. The van der Waals surface area contributed by atoms with E-state index in [1.807, 2.05) is 4.90 Å². The van der Waals surface area contributed by atoms with Crippen LogP contribution in [0.2, 0.25) is 0 Å². The van der Waals surface area contributed by atoms with Crippen molar-refractivity contribution >= 4 is 16.9 Å². The lowest BCUT2D eigenvalue weighted by Gasteiger charge is -2.47. The van der Waals surface area contributed by atoms with E-state index in [0.29, 0.717) is 32.8 Å². The summed E-state index contributed by atoms with van der Waals surface area (Å²) < 4.78 is 12.1. The molecule has 4 rings (SSSR count). The summed E-state index contributed by atoms with van der Waals surface area (Å²) in [7, 11) is 0. The lowest BCUT2D eigenvalue weighted by molar-refractivity contribution is -0.311. The van der Waals surface area contributed by atoms with Crippen molar-refractivity contribution in [3.05, 3.63) is 34.5 Å². The van der Waals surface area contributed by atoms with Crippen LogP contribution in [0.4, 0.5) is 4.79 Å². The molecule has 158 valence electrons. The quantitative estimate of drug-likeness (QED) is 0.797. The summed E-state index contributed by atoms with van der Waals surface area (Å²) in [6.45, 7) is 13.8. The number of amides is 2. The number of fused-ring (bicyclic) bond motifs is 1. The molecule has 1 spiro atoms. The number of aryl methyl sites for hydroxylation is 3. The Morgan fingerprint density at radius 3 is 2.45 bits per heavy atom.